The van der Waals surface area contributed by atoms with Crippen molar-refractivity contribution in [2.24, 2.45) is 5.92 Å². The molecule has 0 amide bonds. The summed E-state index contributed by atoms with van der Waals surface area (Å²) in [5, 5.41) is 15.8. The lowest BCUT2D eigenvalue weighted by molar-refractivity contribution is -0.142. The maximum Gasteiger partial charge on any atom is 0.306 e. The molecule has 3 N–H and O–H groups in total. The van der Waals surface area contributed by atoms with E-state index < -0.39 is 5.97 Å². The molecule has 0 aromatic carbocycles. The molecule has 0 spiro atoms. The molecule has 32 heavy (non-hydrogen) atoms. The second kappa shape index (κ2) is 8.18. The first-order valence-corrected chi connectivity index (χ1v) is 11.8. The van der Waals surface area contributed by atoms with Crippen LogP contribution in [-0.2, 0) is 4.79 Å². The first-order valence-electron chi connectivity index (χ1n) is 10.5. The average Bonchev–Trinajstić information content (AvgIpc) is 3.43. The van der Waals surface area contributed by atoms with E-state index in [2.05, 4.69) is 10.1 Å². The quantitative estimate of drug-likeness (QED) is 0.415. The maximum atomic E-state index is 11.3. The average molecular weight is 468 g/mol. The molecule has 0 aliphatic heterocycles. The molecule has 5 rings (SSSR count). The number of halogens is 1. The van der Waals surface area contributed by atoms with Crippen molar-refractivity contribution < 1.29 is 9.90 Å². The van der Waals surface area contributed by atoms with Crippen LogP contribution in [0.2, 0.25) is 4.34 Å². The first-order chi connectivity index (χ1) is 15.4. The van der Waals surface area contributed by atoms with Gasteiger partial charge in [-0.25, -0.2) is 4.98 Å². The molecule has 7 nitrogen and oxygen atoms in total. The van der Waals surface area contributed by atoms with Gasteiger partial charge in [0.15, 0.2) is 5.65 Å². The van der Waals surface area contributed by atoms with Crippen LogP contribution >= 0.6 is 22.9 Å². The van der Waals surface area contributed by atoms with E-state index in [1.165, 1.54) is 11.3 Å². The molecule has 9 heteroatoms. The van der Waals surface area contributed by atoms with Gasteiger partial charge in [0.1, 0.15) is 5.82 Å². The topological polar surface area (TPSA) is 106 Å². The van der Waals surface area contributed by atoms with E-state index in [4.69, 9.17) is 22.3 Å². The molecular weight excluding hydrogens is 446 g/mol. The van der Waals surface area contributed by atoms with Crippen LogP contribution in [0.1, 0.15) is 42.9 Å². The van der Waals surface area contributed by atoms with Crippen molar-refractivity contribution >= 4 is 40.4 Å². The van der Waals surface area contributed by atoms with Crippen LogP contribution in [0.3, 0.4) is 0 Å². The summed E-state index contributed by atoms with van der Waals surface area (Å²) >= 11 is 7.53. The van der Waals surface area contributed by atoms with Crippen molar-refractivity contribution in [3.8, 4) is 22.4 Å². The van der Waals surface area contributed by atoms with Crippen LogP contribution < -0.4 is 5.73 Å². The summed E-state index contributed by atoms with van der Waals surface area (Å²) in [7, 11) is 0. The summed E-state index contributed by atoms with van der Waals surface area (Å²) in [6, 6.07) is 5.86. The molecule has 1 fully saturated rings. The maximum absolute atomic E-state index is 11.3. The number of carbonyl (C=O) groups is 1. The number of hydrogen-bond acceptors (Lipinski definition) is 6. The highest BCUT2D eigenvalue weighted by Gasteiger charge is 2.29. The zero-order valence-corrected chi connectivity index (χ0v) is 19.0. The highest BCUT2D eigenvalue weighted by molar-refractivity contribution is 7.14. The number of nitrogens with two attached hydrogens (primary N) is 1. The van der Waals surface area contributed by atoms with Gasteiger partial charge in [0, 0.05) is 39.7 Å². The summed E-state index contributed by atoms with van der Waals surface area (Å²) in [4.78, 5) is 20.9. The van der Waals surface area contributed by atoms with Crippen molar-refractivity contribution in [2.45, 2.75) is 38.5 Å². The Labute approximate surface area is 193 Å². The number of aliphatic carboxylic acids is 1. The minimum absolute atomic E-state index is 0.199. The van der Waals surface area contributed by atoms with Gasteiger partial charge in [0.2, 0.25) is 0 Å². The number of anilines is 1. The lowest BCUT2D eigenvalue weighted by Gasteiger charge is -2.27. The number of aromatic nitrogens is 4. The SMILES string of the molecule is Cc1c(C2CCC(C(=O)O)CC2)nc2c(-c3ccc(-c4csc(Cl)c4)nc3)cnn2c1N. The molecule has 0 atom stereocenters. The Morgan fingerprint density at radius 2 is 2.00 bits per heavy atom. The minimum atomic E-state index is -0.707. The summed E-state index contributed by atoms with van der Waals surface area (Å²) in [5.41, 5.74) is 12.6. The Morgan fingerprint density at radius 1 is 1.22 bits per heavy atom. The Kier molecular flexibility index (Phi) is 5.35. The number of hydrogen-bond donors (Lipinski definition) is 2. The largest absolute Gasteiger partial charge is 0.481 e. The third kappa shape index (κ3) is 3.63. The fourth-order valence-electron chi connectivity index (χ4n) is 4.50. The van der Waals surface area contributed by atoms with Crippen molar-refractivity contribution in [1.82, 2.24) is 19.6 Å². The van der Waals surface area contributed by atoms with Crippen molar-refractivity contribution in [3.63, 3.8) is 0 Å². The smallest absolute Gasteiger partial charge is 0.306 e. The summed E-state index contributed by atoms with van der Waals surface area (Å²) in [6.45, 7) is 1.96. The van der Waals surface area contributed by atoms with Gasteiger partial charge in [0.05, 0.1) is 27.8 Å². The molecule has 1 aliphatic rings. The van der Waals surface area contributed by atoms with E-state index >= 15 is 0 Å². The molecule has 1 saturated carbocycles. The highest BCUT2D eigenvalue weighted by Crippen LogP contribution is 2.38. The van der Waals surface area contributed by atoms with Gasteiger partial charge in [-0.05, 0) is 44.7 Å². The zero-order valence-electron chi connectivity index (χ0n) is 17.5. The Balaban J connectivity index is 1.51. The summed E-state index contributed by atoms with van der Waals surface area (Å²) < 4.78 is 2.40. The number of carboxylic acids is 1. The van der Waals surface area contributed by atoms with Crippen LogP contribution in [0.5, 0.6) is 0 Å². The lowest BCUT2D eigenvalue weighted by Crippen LogP contribution is -2.22. The molecule has 1 aliphatic carbocycles. The lowest BCUT2D eigenvalue weighted by atomic mass is 9.79. The fraction of sp³-hybridized carbons (Fsp3) is 0.304. The minimum Gasteiger partial charge on any atom is -0.481 e. The van der Waals surface area contributed by atoms with Gasteiger partial charge in [-0.15, -0.1) is 11.3 Å². The number of rotatable bonds is 4. The van der Waals surface area contributed by atoms with Gasteiger partial charge in [-0.3, -0.25) is 9.78 Å². The number of fused-ring (bicyclic) bond motifs is 1. The molecule has 0 saturated heterocycles. The molecular formula is C23H22ClN5O2S. The van der Waals surface area contributed by atoms with Gasteiger partial charge < -0.3 is 10.8 Å². The number of carboxylic acid groups (broad SMARTS) is 1. The Bertz CT molecular complexity index is 1310. The highest BCUT2D eigenvalue weighted by atomic mass is 35.5. The predicted octanol–water partition coefficient (Wildman–Crippen LogP) is 5.42. The molecule has 164 valence electrons. The summed E-state index contributed by atoms with van der Waals surface area (Å²) in [5.74, 6) is -0.207. The number of thiophene rings is 1. The second-order valence-electron chi connectivity index (χ2n) is 8.26. The normalized spacial score (nSPS) is 18.8. The Hall–Kier alpha value is -2.97. The van der Waals surface area contributed by atoms with Crippen LogP contribution in [-0.4, -0.2) is 30.7 Å². The number of pyridine rings is 1. The van der Waals surface area contributed by atoms with Crippen LogP contribution in [0.25, 0.3) is 28.0 Å². The van der Waals surface area contributed by atoms with Gasteiger partial charge in [-0.2, -0.15) is 9.61 Å². The third-order valence-corrected chi connectivity index (χ3v) is 7.46. The third-order valence-electron chi connectivity index (χ3n) is 6.37. The van der Waals surface area contributed by atoms with Crippen LogP contribution in [0.15, 0.2) is 36.0 Å². The Morgan fingerprint density at radius 3 is 2.62 bits per heavy atom. The monoisotopic (exact) mass is 467 g/mol. The van der Waals surface area contributed by atoms with E-state index in [0.717, 1.165) is 50.8 Å². The van der Waals surface area contributed by atoms with Gasteiger partial charge in [-0.1, -0.05) is 17.7 Å². The van der Waals surface area contributed by atoms with E-state index in [1.54, 1.807) is 10.7 Å². The van der Waals surface area contributed by atoms with Gasteiger partial charge >= 0.3 is 5.97 Å². The van der Waals surface area contributed by atoms with E-state index in [0.29, 0.717) is 24.3 Å². The number of nitrogens with zero attached hydrogens (tertiary/aromatic N) is 4. The van der Waals surface area contributed by atoms with Crippen molar-refractivity contribution in [2.75, 3.05) is 5.73 Å². The van der Waals surface area contributed by atoms with Gasteiger partial charge in [0.25, 0.3) is 0 Å². The molecule has 0 bridgehead atoms. The van der Waals surface area contributed by atoms with Crippen LogP contribution in [0, 0.1) is 12.8 Å². The first kappa shape index (κ1) is 20.9. The fourth-order valence-corrected chi connectivity index (χ4v) is 5.37. The molecule has 0 radical (unpaired) electrons. The van der Waals surface area contributed by atoms with E-state index in [1.807, 2.05) is 36.7 Å². The van der Waals surface area contributed by atoms with Crippen molar-refractivity contribution in [1.29, 1.82) is 0 Å². The molecule has 4 heterocycles. The molecule has 0 unspecified atom stereocenters. The van der Waals surface area contributed by atoms with Crippen LogP contribution in [0.4, 0.5) is 5.82 Å². The van der Waals surface area contributed by atoms with Crippen molar-refractivity contribution in [3.05, 3.63) is 51.6 Å². The standard InChI is InChI=1S/C23H22ClN5O2S/c1-12-20(13-2-4-14(5-3-13)23(30)31)28-22-17(10-27-29(22)21(12)25)15-6-7-18(26-9-15)16-8-19(24)32-11-16/h6-11,13-14H,2-5,25H2,1H3,(H,30,31). The second-order valence-corrected chi connectivity index (χ2v) is 9.80. The number of nitrogen functional groups attached to an aromatic ring is 1. The van der Waals surface area contributed by atoms with E-state index in [-0.39, 0.29) is 11.8 Å². The summed E-state index contributed by atoms with van der Waals surface area (Å²) in [6.07, 6.45) is 6.49. The molecule has 4 aromatic heterocycles. The van der Waals surface area contributed by atoms with E-state index in [9.17, 15) is 9.90 Å². The predicted molar refractivity (Wildman–Crippen MR) is 126 cm³/mol. The molecule has 4 aromatic rings. The zero-order chi connectivity index (χ0) is 22.4.